The zero-order valence-electron chi connectivity index (χ0n) is 9.48. The fourth-order valence-electron chi connectivity index (χ4n) is 1.69. The highest BCUT2D eigenvalue weighted by Gasteiger charge is 2.15. The second kappa shape index (κ2) is 4.55. The van der Waals surface area contributed by atoms with Crippen LogP contribution >= 0.6 is 23.2 Å². The summed E-state index contributed by atoms with van der Waals surface area (Å²) in [5.41, 5.74) is 7.41. The van der Waals surface area contributed by atoms with E-state index in [4.69, 9.17) is 28.9 Å². The fraction of sp³-hybridized carbons (Fsp3) is 0.273. The lowest BCUT2D eigenvalue weighted by Gasteiger charge is -2.10. The second-order valence-corrected chi connectivity index (χ2v) is 4.93. The van der Waals surface area contributed by atoms with Crippen LogP contribution < -0.4 is 5.73 Å². The van der Waals surface area contributed by atoms with Gasteiger partial charge in [0.05, 0.1) is 11.4 Å². The summed E-state index contributed by atoms with van der Waals surface area (Å²) in [6.45, 7) is 4.05. The minimum atomic E-state index is 0.211. The molecule has 0 saturated carbocycles. The van der Waals surface area contributed by atoms with E-state index in [0.717, 1.165) is 11.4 Å². The molecule has 17 heavy (non-hydrogen) atoms. The van der Waals surface area contributed by atoms with E-state index in [9.17, 15) is 0 Å². The van der Waals surface area contributed by atoms with Gasteiger partial charge < -0.3 is 5.73 Å². The van der Waals surface area contributed by atoms with Crippen LogP contribution in [0.2, 0.25) is 10.0 Å². The number of hydrogen-bond acceptors (Lipinski definition) is 3. The normalized spacial score (nSPS) is 11.1. The fourth-order valence-corrected chi connectivity index (χ4v) is 2.21. The molecule has 0 unspecified atom stereocenters. The van der Waals surface area contributed by atoms with Gasteiger partial charge in [-0.05, 0) is 24.1 Å². The Morgan fingerprint density at radius 1 is 1.18 bits per heavy atom. The summed E-state index contributed by atoms with van der Waals surface area (Å²) in [5.74, 6) is 0.638. The quantitative estimate of drug-likeness (QED) is 0.911. The van der Waals surface area contributed by atoms with Crippen molar-refractivity contribution in [1.29, 1.82) is 0 Å². The van der Waals surface area contributed by atoms with Gasteiger partial charge in [0.25, 0.3) is 0 Å². The van der Waals surface area contributed by atoms with Gasteiger partial charge in [-0.3, -0.25) is 0 Å². The van der Waals surface area contributed by atoms with Crippen molar-refractivity contribution in [1.82, 2.24) is 15.0 Å². The number of nitrogens with two attached hydrogens (primary N) is 1. The average molecular weight is 271 g/mol. The molecule has 0 saturated heterocycles. The molecular weight excluding hydrogens is 259 g/mol. The highest BCUT2D eigenvalue weighted by Crippen LogP contribution is 2.26. The van der Waals surface area contributed by atoms with Crippen LogP contribution in [0.25, 0.3) is 5.69 Å². The third-order valence-electron chi connectivity index (χ3n) is 2.37. The number of hydrogen-bond donors (Lipinski definition) is 1. The van der Waals surface area contributed by atoms with Crippen LogP contribution in [0.15, 0.2) is 18.2 Å². The van der Waals surface area contributed by atoms with Crippen LogP contribution in [0.4, 0.5) is 5.82 Å². The van der Waals surface area contributed by atoms with Crippen molar-refractivity contribution in [3.63, 3.8) is 0 Å². The van der Waals surface area contributed by atoms with Crippen molar-refractivity contribution in [2.24, 2.45) is 0 Å². The lowest BCUT2D eigenvalue weighted by molar-refractivity contribution is 0.716. The van der Waals surface area contributed by atoms with E-state index >= 15 is 0 Å². The Morgan fingerprint density at radius 3 is 2.29 bits per heavy atom. The van der Waals surface area contributed by atoms with Crippen molar-refractivity contribution in [2.75, 3.05) is 5.73 Å². The molecule has 4 nitrogen and oxygen atoms in total. The second-order valence-electron chi connectivity index (χ2n) is 4.05. The molecule has 2 rings (SSSR count). The van der Waals surface area contributed by atoms with Gasteiger partial charge in [-0.25, -0.2) is 4.68 Å². The molecule has 1 heterocycles. The Kier molecular flexibility index (Phi) is 3.26. The van der Waals surface area contributed by atoms with E-state index in [1.54, 1.807) is 22.9 Å². The highest BCUT2D eigenvalue weighted by atomic mass is 35.5. The molecule has 0 atom stereocenters. The molecule has 0 bridgehead atoms. The molecule has 0 aliphatic heterocycles. The SMILES string of the molecule is CC(C)c1c(N)nnn1-c1cc(Cl)cc(Cl)c1. The molecule has 0 amide bonds. The van der Waals surface area contributed by atoms with E-state index in [1.165, 1.54) is 0 Å². The van der Waals surface area contributed by atoms with Gasteiger partial charge in [-0.1, -0.05) is 42.3 Å². The first-order valence-electron chi connectivity index (χ1n) is 5.16. The lowest BCUT2D eigenvalue weighted by atomic mass is 10.1. The number of halogens is 2. The maximum absolute atomic E-state index is 5.96. The van der Waals surface area contributed by atoms with Crippen LogP contribution in [0.5, 0.6) is 0 Å². The third-order valence-corrected chi connectivity index (χ3v) is 2.81. The molecule has 0 fully saturated rings. The van der Waals surface area contributed by atoms with Gasteiger partial charge in [0.2, 0.25) is 0 Å². The summed E-state index contributed by atoms with van der Waals surface area (Å²) in [6.07, 6.45) is 0. The summed E-state index contributed by atoms with van der Waals surface area (Å²) in [5, 5.41) is 9.00. The molecule has 0 aliphatic rings. The minimum Gasteiger partial charge on any atom is -0.381 e. The predicted octanol–water partition coefficient (Wildman–Crippen LogP) is 3.28. The molecule has 0 radical (unpaired) electrons. The van der Waals surface area contributed by atoms with Gasteiger partial charge in [-0.2, -0.15) is 0 Å². The largest absolute Gasteiger partial charge is 0.381 e. The number of rotatable bonds is 2. The number of nitrogens with zero attached hydrogens (tertiary/aromatic N) is 3. The number of aromatic nitrogens is 3. The third kappa shape index (κ3) is 2.37. The minimum absolute atomic E-state index is 0.211. The Morgan fingerprint density at radius 2 is 1.76 bits per heavy atom. The maximum atomic E-state index is 5.96. The molecule has 1 aromatic heterocycles. The predicted molar refractivity (Wildman–Crippen MR) is 69.9 cm³/mol. The standard InChI is InChI=1S/C11H12Cl2N4/c1-6(2)10-11(14)15-16-17(10)9-4-7(12)3-8(13)5-9/h3-6H,14H2,1-2H3. The van der Waals surface area contributed by atoms with Gasteiger partial charge in [0.15, 0.2) is 5.82 Å². The van der Waals surface area contributed by atoms with E-state index in [1.807, 2.05) is 13.8 Å². The Bertz CT molecular complexity index is 528. The van der Waals surface area contributed by atoms with Crippen molar-refractivity contribution < 1.29 is 0 Å². The average Bonchev–Trinajstić information content (AvgIpc) is 2.58. The van der Waals surface area contributed by atoms with Crippen LogP contribution in [-0.4, -0.2) is 15.0 Å². The number of nitrogen functional groups attached to an aromatic ring is 1. The summed E-state index contributed by atoms with van der Waals surface area (Å²) in [4.78, 5) is 0. The summed E-state index contributed by atoms with van der Waals surface area (Å²) >= 11 is 11.9. The number of anilines is 1. The number of benzene rings is 1. The smallest absolute Gasteiger partial charge is 0.169 e. The molecule has 0 spiro atoms. The Balaban J connectivity index is 2.60. The first-order valence-corrected chi connectivity index (χ1v) is 5.92. The topological polar surface area (TPSA) is 56.7 Å². The molecular formula is C11H12Cl2N4. The monoisotopic (exact) mass is 270 g/mol. The Labute approximate surface area is 109 Å². The first-order chi connectivity index (χ1) is 7.99. The Hall–Kier alpha value is -1.26. The molecule has 0 aliphatic carbocycles. The maximum Gasteiger partial charge on any atom is 0.169 e. The summed E-state index contributed by atoms with van der Waals surface area (Å²) in [7, 11) is 0. The molecule has 1 aromatic carbocycles. The summed E-state index contributed by atoms with van der Waals surface area (Å²) in [6, 6.07) is 5.21. The van der Waals surface area contributed by atoms with Crippen molar-refractivity contribution in [3.8, 4) is 5.69 Å². The van der Waals surface area contributed by atoms with Crippen molar-refractivity contribution >= 4 is 29.0 Å². The van der Waals surface area contributed by atoms with E-state index < -0.39 is 0 Å². The summed E-state index contributed by atoms with van der Waals surface area (Å²) < 4.78 is 1.66. The van der Waals surface area contributed by atoms with Crippen LogP contribution in [0.3, 0.4) is 0 Å². The zero-order valence-corrected chi connectivity index (χ0v) is 11.0. The van der Waals surface area contributed by atoms with Gasteiger partial charge in [0.1, 0.15) is 0 Å². The van der Waals surface area contributed by atoms with Crippen molar-refractivity contribution in [3.05, 3.63) is 33.9 Å². The highest BCUT2D eigenvalue weighted by molar-refractivity contribution is 6.34. The van der Waals surface area contributed by atoms with E-state index in [-0.39, 0.29) is 5.92 Å². The molecule has 2 aromatic rings. The van der Waals surface area contributed by atoms with E-state index in [2.05, 4.69) is 10.3 Å². The van der Waals surface area contributed by atoms with Crippen LogP contribution in [0, 0.1) is 0 Å². The molecule has 90 valence electrons. The van der Waals surface area contributed by atoms with Crippen LogP contribution in [0.1, 0.15) is 25.5 Å². The lowest BCUT2D eigenvalue weighted by Crippen LogP contribution is -2.05. The van der Waals surface area contributed by atoms with Gasteiger partial charge in [-0.15, -0.1) is 5.10 Å². The first kappa shape index (κ1) is 12.2. The van der Waals surface area contributed by atoms with Crippen molar-refractivity contribution in [2.45, 2.75) is 19.8 Å². The van der Waals surface area contributed by atoms with Gasteiger partial charge >= 0.3 is 0 Å². The van der Waals surface area contributed by atoms with E-state index in [0.29, 0.717) is 15.9 Å². The van der Waals surface area contributed by atoms with Crippen LogP contribution in [-0.2, 0) is 0 Å². The molecule has 6 heteroatoms. The van der Waals surface area contributed by atoms with Gasteiger partial charge in [0, 0.05) is 10.0 Å². The zero-order chi connectivity index (χ0) is 12.6. The molecule has 2 N–H and O–H groups in total.